The maximum atomic E-state index is 12.6. The van der Waals surface area contributed by atoms with Crippen LogP contribution in [0, 0.1) is 5.92 Å². The van der Waals surface area contributed by atoms with Crippen LogP contribution in [-0.2, 0) is 28.9 Å². The zero-order valence-corrected chi connectivity index (χ0v) is 17.9. The van der Waals surface area contributed by atoms with Crippen LogP contribution in [0.4, 0.5) is 0 Å². The Morgan fingerprint density at radius 1 is 1.10 bits per heavy atom. The largest absolute Gasteiger partial charge is 0.339 e. The Morgan fingerprint density at radius 3 is 2.52 bits per heavy atom. The molecule has 1 aliphatic heterocycles. The third-order valence-electron chi connectivity index (χ3n) is 5.89. The summed E-state index contributed by atoms with van der Waals surface area (Å²) in [4.78, 5) is 50.6. The first kappa shape index (κ1) is 20.1. The van der Waals surface area contributed by atoms with Gasteiger partial charge in [-0.25, -0.2) is 4.98 Å². The average Bonchev–Trinajstić information content (AvgIpc) is 3.10. The predicted octanol–water partition coefficient (Wildman–Crippen LogP) is 2.12. The summed E-state index contributed by atoms with van der Waals surface area (Å²) in [5.41, 5.74) is 1.11. The molecule has 2 aromatic heterocycles. The van der Waals surface area contributed by atoms with Gasteiger partial charge in [-0.05, 0) is 31.2 Å². The Labute approximate surface area is 174 Å². The topological polar surface area (TPSA) is 86.4 Å². The highest BCUT2D eigenvalue weighted by Crippen LogP contribution is 2.33. The molecule has 0 bridgehead atoms. The minimum atomic E-state index is -0.0716. The number of aryl methyl sites for hydroxylation is 3. The van der Waals surface area contributed by atoms with Gasteiger partial charge in [-0.1, -0.05) is 13.8 Å². The number of hydrogen-bond donors (Lipinski definition) is 1. The van der Waals surface area contributed by atoms with E-state index in [2.05, 4.69) is 9.97 Å². The summed E-state index contributed by atoms with van der Waals surface area (Å²) in [6, 6.07) is 0. The summed E-state index contributed by atoms with van der Waals surface area (Å²) in [5.74, 6) is 0.766. The van der Waals surface area contributed by atoms with Crippen LogP contribution in [0.3, 0.4) is 0 Å². The van der Waals surface area contributed by atoms with Gasteiger partial charge >= 0.3 is 0 Å². The molecule has 0 atom stereocenters. The Bertz CT molecular complexity index is 986. The Hall–Kier alpha value is -2.22. The second kappa shape index (κ2) is 8.26. The second-order valence-electron chi connectivity index (χ2n) is 8.26. The first-order chi connectivity index (χ1) is 13.9. The van der Waals surface area contributed by atoms with Gasteiger partial charge in [0, 0.05) is 49.8 Å². The molecule has 0 spiro atoms. The van der Waals surface area contributed by atoms with Crippen LogP contribution >= 0.6 is 11.3 Å². The molecule has 1 aliphatic carbocycles. The van der Waals surface area contributed by atoms with Gasteiger partial charge in [-0.2, -0.15) is 0 Å². The van der Waals surface area contributed by atoms with Crippen molar-refractivity contribution >= 4 is 33.4 Å². The first-order valence-corrected chi connectivity index (χ1v) is 11.4. The number of aromatic amines is 1. The van der Waals surface area contributed by atoms with Gasteiger partial charge < -0.3 is 14.8 Å². The van der Waals surface area contributed by atoms with E-state index in [0.29, 0.717) is 44.8 Å². The number of carbonyl (C=O) groups is 2. The number of aromatic nitrogens is 2. The van der Waals surface area contributed by atoms with E-state index in [1.54, 1.807) is 11.3 Å². The maximum absolute atomic E-state index is 12.6. The lowest BCUT2D eigenvalue weighted by Crippen LogP contribution is -2.51. The van der Waals surface area contributed by atoms with Crippen molar-refractivity contribution < 1.29 is 9.59 Å². The molecule has 29 heavy (non-hydrogen) atoms. The highest BCUT2D eigenvalue weighted by molar-refractivity contribution is 7.18. The Morgan fingerprint density at radius 2 is 1.79 bits per heavy atom. The smallest absolute Gasteiger partial charge is 0.259 e. The molecule has 1 saturated heterocycles. The average molecular weight is 417 g/mol. The minimum Gasteiger partial charge on any atom is -0.339 e. The van der Waals surface area contributed by atoms with Crippen molar-refractivity contribution in [2.24, 2.45) is 5.92 Å². The van der Waals surface area contributed by atoms with Gasteiger partial charge in [0.1, 0.15) is 10.7 Å². The number of hydrogen-bond acceptors (Lipinski definition) is 5. The van der Waals surface area contributed by atoms with E-state index in [9.17, 15) is 14.4 Å². The Balaban J connectivity index is 1.38. The maximum Gasteiger partial charge on any atom is 0.259 e. The minimum absolute atomic E-state index is 0.0158. The highest BCUT2D eigenvalue weighted by Gasteiger charge is 2.25. The molecule has 2 aliphatic rings. The van der Waals surface area contributed by atoms with Crippen molar-refractivity contribution in [1.29, 1.82) is 0 Å². The number of rotatable bonds is 4. The lowest BCUT2D eigenvalue weighted by Gasteiger charge is -2.35. The summed E-state index contributed by atoms with van der Waals surface area (Å²) >= 11 is 1.63. The molecule has 0 saturated carbocycles. The van der Waals surface area contributed by atoms with Crippen LogP contribution in [0.1, 0.15) is 49.4 Å². The molecule has 0 radical (unpaired) electrons. The van der Waals surface area contributed by atoms with E-state index in [1.807, 2.05) is 23.6 Å². The number of piperazine rings is 1. The second-order valence-corrected chi connectivity index (χ2v) is 9.35. The fourth-order valence-electron chi connectivity index (χ4n) is 4.25. The lowest BCUT2D eigenvalue weighted by molar-refractivity contribution is -0.141. The number of fused-ring (bicyclic) bond motifs is 3. The van der Waals surface area contributed by atoms with E-state index >= 15 is 0 Å². The Kier molecular flexibility index (Phi) is 5.72. The van der Waals surface area contributed by atoms with Gasteiger partial charge in [0.15, 0.2) is 0 Å². The summed E-state index contributed by atoms with van der Waals surface area (Å²) in [5, 5.41) is 0.755. The molecule has 8 heteroatoms. The van der Waals surface area contributed by atoms with E-state index < -0.39 is 0 Å². The quantitative estimate of drug-likeness (QED) is 0.827. The highest BCUT2D eigenvalue weighted by atomic mass is 32.1. The van der Waals surface area contributed by atoms with Crippen LogP contribution in [-0.4, -0.2) is 57.8 Å². The molecule has 4 rings (SSSR count). The predicted molar refractivity (Wildman–Crippen MR) is 113 cm³/mol. The summed E-state index contributed by atoms with van der Waals surface area (Å²) < 4.78 is 0. The number of carbonyl (C=O) groups excluding carboxylic acids is 2. The van der Waals surface area contributed by atoms with E-state index in [-0.39, 0.29) is 23.3 Å². The molecule has 3 heterocycles. The molecule has 7 nitrogen and oxygen atoms in total. The lowest BCUT2D eigenvalue weighted by atomic mass is 9.97. The van der Waals surface area contributed by atoms with E-state index in [0.717, 1.165) is 29.5 Å². The summed E-state index contributed by atoms with van der Waals surface area (Å²) in [6.07, 6.45) is 5.05. The normalized spacial score (nSPS) is 17.1. The van der Waals surface area contributed by atoms with Crippen LogP contribution in [0.2, 0.25) is 0 Å². The molecule has 2 amide bonds. The van der Waals surface area contributed by atoms with Gasteiger partial charge in [-0.3, -0.25) is 14.4 Å². The van der Waals surface area contributed by atoms with Crippen molar-refractivity contribution in [2.75, 3.05) is 26.2 Å². The van der Waals surface area contributed by atoms with Gasteiger partial charge in [0.05, 0.1) is 5.39 Å². The number of thiophene rings is 1. The SMILES string of the molecule is CC(C)C(=O)N1CCN(C(=O)CCc2nc3sc4c(c3c(=O)[nH]2)CCCC4)CC1. The molecule has 2 aromatic rings. The first-order valence-electron chi connectivity index (χ1n) is 10.5. The van der Waals surface area contributed by atoms with Crippen molar-refractivity contribution in [2.45, 2.75) is 52.4 Å². The molecule has 0 unspecified atom stereocenters. The van der Waals surface area contributed by atoms with Crippen LogP contribution in [0.5, 0.6) is 0 Å². The van der Waals surface area contributed by atoms with Crippen LogP contribution < -0.4 is 5.56 Å². The standard InChI is InChI=1S/C21H28N4O3S/c1-13(2)21(28)25-11-9-24(10-12-25)17(26)8-7-16-22-19(27)18-14-5-3-4-6-15(14)29-20(18)23-16/h13H,3-12H2,1-2H3,(H,22,23,27). The fraction of sp³-hybridized carbons (Fsp3) is 0.619. The summed E-state index contributed by atoms with van der Waals surface area (Å²) in [6.45, 7) is 6.11. The third kappa shape index (κ3) is 4.08. The fourth-order valence-corrected chi connectivity index (χ4v) is 5.53. The third-order valence-corrected chi connectivity index (χ3v) is 7.07. The molecular weight excluding hydrogens is 388 g/mol. The van der Waals surface area contributed by atoms with E-state index in [4.69, 9.17) is 0 Å². The van der Waals surface area contributed by atoms with Crippen LogP contribution in [0.15, 0.2) is 4.79 Å². The molecule has 0 aromatic carbocycles. The van der Waals surface area contributed by atoms with E-state index in [1.165, 1.54) is 16.9 Å². The van der Waals surface area contributed by atoms with Gasteiger partial charge in [-0.15, -0.1) is 11.3 Å². The zero-order chi connectivity index (χ0) is 20.5. The number of H-pyrrole nitrogens is 1. The van der Waals surface area contributed by atoms with Crippen molar-refractivity contribution in [1.82, 2.24) is 19.8 Å². The monoisotopic (exact) mass is 416 g/mol. The number of amides is 2. The van der Waals surface area contributed by atoms with Crippen LogP contribution in [0.25, 0.3) is 10.2 Å². The number of nitrogens with zero attached hydrogens (tertiary/aromatic N) is 3. The van der Waals surface area contributed by atoms with Crippen molar-refractivity contribution in [3.8, 4) is 0 Å². The van der Waals surface area contributed by atoms with Crippen molar-refractivity contribution in [3.63, 3.8) is 0 Å². The molecule has 1 fully saturated rings. The summed E-state index contributed by atoms with van der Waals surface area (Å²) in [7, 11) is 0. The molecule has 1 N–H and O–H groups in total. The number of nitrogens with one attached hydrogen (secondary N) is 1. The van der Waals surface area contributed by atoms with Gasteiger partial charge in [0.25, 0.3) is 5.56 Å². The van der Waals surface area contributed by atoms with Gasteiger partial charge in [0.2, 0.25) is 11.8 Å². The van der Waals surface area contributed by atoms with Crippen molar-refractivity contribution in [3.05, 3.63) is 26.6 Å². The zero-order valence-electron chi connectivity index (χ0n) is 17.1. The molecule has 156 valence electrons. The molecular formula is C21H28N4O3S.